The average molecular weight is 260 g/mol. The maximum Gasteiger partial charge on any atom is 0.341 e. The molecule has 17 heavy (non-hydrogen) atoms. The van der Waals surface area contributed by atoms with Gasteiger partial charge in [-0.3, -0.25) is 0 Å². The van der Waals surface area contributed by atoms with Gasteiger partial charge in [0.15, 0.2) is 5.76 Å². The normalized spacial score (nSPS) is 15.2. The highest BCUT2D eigenvalue weighted by atomic mass is 32.2. The number of hydrogen-bond donors (Lipinski definition) is 0. The number of ether oxygens (including phenoxy) is 3. The van der Waals surface area contributed by atoms with Crippen LogP contribution in [0.3, 0.4) is 0 Å². The van der Waals surface area contributed by atoms with Crippen LogP contribution in [0.15, 0.2) is 23.2 Å². The van der Waals surface area contributed by atoms with Crippen LogP contribution in [-0.2, 0) is 29.3 Å². The smallest absolute Gasteiger partial charge is 0.341 e. The molecule has 0 aliphatic heterocycles. The summed E-state index contributed by atoms with van der Waals surface area (Å²) in [6, 6.07) is 0. The van der Waals surface area contributed by atoms with Gasteiger partial charge in [0, 0.05) is 6.42 Å². The molecule has 0 bridgehead atoms. The van der Waals surface area contributed by atoms with E-state index >= 15 is 0 Å². The fourth-order valence-corrected chi connectivity index (χ4v) is 1.89. The fourth-order valence-electron chi connectivity index (χ4n) is 1.42. The van der Waals surface area contributed by atoms with E-state index < -0.39 is 16.3 Å². The lowest BCUT2D eigenvalue weighted by molar-refractivity contribution is -0.136. The van der Waals surface area contributed by atoms with Crippen molar-refractivity contribution in [2.45, 2.75) is 6.42 Å². The molecule has 0 aromatic heterocycles. The van der Waals surface area contributed by atoms with E-state index in [0.717, 1.165) is 0 Å². The van der Waals surface area contributed by atoms with Gasteiger partial charge in [-0.25, -0.2) is 4.79 Å². The third-order valence-electron chi connectivity index (χ3n) is 2.21. The minimum absolute atomic E-state index is 0.0253. The van der Waals surface area contributed by atoms with Crippen LogP contribution in [0.5, 0.6) is 0 Å². The summed E-state index contributed by atoms with van der Waals surface area (Å²) in [5.74, 6) is -0.220. The summed E-state index contributed by atoms with van der Waals surface area (Å²) >= 11 is 0. The van der Waals surface area contributed by atoms with Crippen LogP contribution >= 0.6 is 0 Å². The van der Waals surface area contributed by atoms with E-state index in [4.69, 9.17) is 9.47 Å². The summed E-state index contributed by atoms with van der Waals surface area (Å²) in [6.45, 7) is 0. The minimum Gasteiger partial charge on any atom is -0.497 e. The van der Waals surface area contributed by atoms with Gasteiger partial charge in [-0.1, -0.05) is 0 Å². The number of carbonyl (C=O) groups is 1. The average Bonchev–Trinajstić information content (AvgIpc) is 2.35. The first-order valence-corrected chi connectivity index (χ1v) is 5.69. The molecule has 94 valence electrons. The molecule has 1 aliphatic rings. The number of rotatable bonds is 3. The molecule has 0 unspecified atom stereocenters. The molecule has 6 nitrogen and oxygen atoms in total. The first kappa shape index (κ1) is 13.3. The molecule has 0 saturated carbocycles. The van der Waals surface area contributed by atoms with E-state index in [1.54, 1.807) is 0 Å². The quantitative estimate of drug-likeness (QED) is 0.527. The number of hydrogen-bond acceptors (Lipinski definition) is 6. The summed E-state index contributed by atoms with van der Waals surface area (Å²) in [5.41, 5.74) is 0.0253. The first-order chi connectivity index (χ1) is 8.04. The van der Waals surface area contributed by atoms with Crippen LogP contribution in [0.2, 0.25) is 0 Å². The molecule has 1 aliphatic carbocycles. The van der Waals surface area contributed by atoms with E-state index in [0.29, 0.717) is 0 Å². The van der Waals surface area contributed by atoms with Gasteiger partial charge in [-0.05, 0) is 6.08 Å². The van der Waals surface area contributed by atoms with Crippen LogP contribution in [-0.4, -0.2) is 40.6 Å². The molecule has 0 aromatic carbocycles. The van der Waals surface area contributed by atoms with Gasteiger partial charge in [0.25, 0.3) is 0 Å². The predicted molar refractivity (Wildman–Crippen MR) is 59.7 cm³/mol. The monoisotopic (exact) mass is 260 g/mol. The molecular formula is C10H12O6S. The van der Waals surface area contributed by atoms with Gasteiger partial charge in [0.2, 0.25) is 10.3 Å². The lowest BCUT2D eigenvalue weighted by atomic mass is 10.0. The van der Waals surface area contributed by atoms with Gasteiger partial charge in [-0.15, -0.1) is 0 Å². The van der Waals surface area contributed by atoms with Gasteiger partial charge in [-0.2, -0.15) is 8.42 Å². The first-order valence-electron chi connectivity index (χ1n) is 4.61. The van der Waals surface area contributed by atoms with Crippen molar-refractivity contribution in [3.05, 3.63) is 23.2 Å². The summed E-state index contributed by atoms with van der Waals surface area (Å²) in [4.78, 5) is 11.5. The molecule has 0 aromatic rings. The van der Waals surface area contributed by atoms with Crippen LogP contribution in [0.1, 0.15) is 6.42 Å². The van der Waals surface area contributed by atoms with Crippen molar-refractivity contribution in [2.75, 3.05) is 21.3 Å². The molecule has 0 atom stereocenters. The second-order valence-corrected chi connectivity index (χ2v) is 4.08. The van der Waals surface area contributed by atoms with E-state index in [2.05, 4.69) is 4.74 Å². The predicted octanol–water partition coefficient (Wildman–Crippen LogP) is 0.0454. The van der Waals surface area contributed by atoms with Gasteiger partial charge in [0.05, 0.1) is 26.2 Å². The Kier molecular flexibility index (Phi) is 4.33. The molecule has 0 amide bonds. The lowest BCUT2D eigenvalue weighted by Crippen LogP contribution is -2.18. The van der Waals surface area contributed by atoms with Crippen molar-refractivity contribution in [3.8, 4) is 0 Å². The molecule has 0 saturated heterocycles. The Morgan fingerprint density at radius 2 is 1.88 bits per heavy atom. The number of allylic oxidation sites excluding steroid dienone is 2. The zero-order valence-corrected chi connectivity index (χ0v) is 10.5. The van der Waals surface area contributed by atoms with Gasteiger partial charge in [0.1, 0.15) is 11.3 Å². The van der Waals surface area contributed by atoms with Crippen LogP contribution < -0.4 is 0 Å². The van der Waals surface area contributed by atoms with E-state index in [9.17, 15) is 13.2 Å². The highest BCUT2D eigenvalue weighted by Crippen LogP contribution is 2.25. The maximum atomic E-state index is 11.5. The van der Waals surface area contributed by atoms with Gasteiger partial charge >= 0.3 is 5.97 Å². The Bertz CT molecular complexity index is 515. The second kappa shape index (κ2) is 5.53. The highest BCUT2D eigenvalue weighted by molar-refractivity contribution is 7.73. The topological polar surface area (TPSA) is 78.9 Å². The summed E-state index contributed by atoms with van der Waals surface area (Å²) in [5, 5.41) is 0. The summed E-state index contributed by atoms with van der Waals surface area (Å²) in [6.07, 6.45) is 1.27. The van der Waals surface area contributed by atoms with E-state index in [-0.39, 0.29) is 28.4 Å². The SMILES string of the molecule is COC(=O)C1=CC(=S(=O)=O)CC(OC)=C1OC. The molecule has 7 heteroatoms. The molecule has 0 spiro atoms. The maximum absolute atomic E-state index is 11.5. The highest BCUT2D eigenvalue weighted by Gasteiger charge is 2.27. The van der Waals surface area contributed by atoms with Crippen molar-refractivity contribution in [1.82, 2.24) is 0 Å². The standard InChI is InChI=1S/C10H12O6S/c1-14-8-5-6(17(12)13)4-7(9(8)15-2)10(11)16-3/h4H,5H2,1-3H3. The minimum atomic E-state index is -2.42. The Balaban J connectivity index is 3.41. The van der Waals surface area contributed by atoms with Crippen molar-refractivity contribution in [2.24, 2.45) is 0 Å². The molecule has 0 N–H and O–H groups in total. The van der Waals surface area contributed by atoms with E-state index in [1.807, 2.05) is 0 Å². The second-order valence-electron chi connectivity index (χ2n) is 3.09. The van der Waals surface area contributed by atoms with Crippen LogP contribution in [0, 0.1) is 0 Å². The summed E-state index contributed by atoms with van der Waals surface area (Å²) in [7, 11) is 1.52. The Morgan fingerprint density at radius 3 is 2.29 bits per heavy atom. The number of methoxy groups -OCH3 is 3. The molecule has 0 radical (unpaired) electrons. The number of esters is 1. The Labute approximate surface area is 100 Å². The van der Waals surface area contributed by atoms with Crippen molar-refractivity contribution in [1.29, 1.82) is 0 Å². The van der Waals surface area contributed by atoms with Crippen LogP contribution in [0.4, 0.5) is 0 Å². The third-order valence-corrected chi connectivity index (χ3v) is 2.90. The van der Waals surface area contributed by atoms with Crippen molar-refractivity contribution in [3.63, 3.8) is 0 Å². The summed E-state index contributed by atoms with van der Waals surface area (Å²) < 4.78 is 36.4. The molecule has 0 heterocycles. The molecule has 0 fully saturated rings. The molecular weight excluding hydrogens is 248 g/mol. The molecule has 1 rings (SSSR count). The Morgan fingerprint density at radius 1 is 1.24 bits per heavy atom. The van der Waals surface area contributed by atoms with Gasteiger partial charge < -0.3 is 14.2 Å². The Hall–Kier alpha value is -1.76. The third kappa shape index (κ3) is 2.68. The fraction of sp³-hybridized carbons (Fsp3) is 0.400. The zero-order chi connectivity index (χ0) is 13.0. The van der Waals surface area contributed by atoms with E-state index in [1.165, 1.54) is 27.4 Å². The number of carbonyl (C=O) groups excluding carboxylic acids is 1. The van der Waals surface area contributed by atoms with Crippen molar-refractivity contribution < 1.29 is 27.4 Å². The van der Waals surface area contributed by atoms with Crippen LogP contribution in [0.25, 0.3) is 0 Å². The van der Waals surface area contributed by atoms with Crippen molar-refractivity contribution >= 4 is 21.1 Å². The lowest BCUT2D eigenvalue weighted by Gasteiger charge is -2.18. The largest absolute Gasteiger partial charge is 0.497 e. The zero-order valence-electron chi connectivity index (χ0n) is 9.64.